The zero-order chi connectivity index (χ0) is 16.5. The van der Waals surface area contributed by atoms with Gasteiger partial charge in [0.05, 0.1) is 12.0 Å². The Bertz CT molecular complexity index is 1030. The number of imidazole rings is 1. The van der Waals surface area contributed by atoms with E-state index in [0.717, 1.165) is 0 Å². The largest absolute Gasteiger partial charge is 0.328 e. The summed E-state index contributed by atoms with van der Waals surface area (Å²) in [6, 6.07) is 7.99. The first kappa shape index (κ1) is 14.7. The van der Waals surface area contributed by atoms with Crippen LogP contribution in [-0.4, -0.2) is 36.2 Å². The first-order valence-corrected chi connectivity index (χ1v) is 8.31. The molecule has 3 heterocycles. The first-order chi connectivity index (χ1) is 11.7. The van der Waals surface area contributed by atoms with Crippen molar-refractivity contribution >= 4 is 23.1 Å². The predicted molar refractivity (Wildman–Crippen MR) is 89.9 cm³/mol. The molecule has 0 fully saturated rings. The average molecular weight is 338 g/mol. The van der Waals surface area contributed by atoms with E-state index in [1.165, 1.54) is 30.2 Å². The molecule has 0 spiro atoms. The number of fused-ring (bicyclic) bond motifs is 1. The van der Waals surface area contributed by atoms with Gasteiger partial charge in [-0.15, -0.1) is 0 Å². The third-order valence-corrected chi connectivity index (χ3v) is 3.98. The maximum atomic E-state index is 13.7. The molecule has 0 radical (unpaired) electrons. The molecule has 0 bridgehead atoms. The second kappa shape index (κ2) is 5.97. The smallest absolute Gasteiger partial charge is 0.197 e. The lowest BCUT2D eigenvalue weighted by Crippen LogP contribution is -1.98. The second-order valence-electron chi connectivity index (χ2n) is 4.93. The van der Waals surface area contributed by atoms with Gasteiger partial charge in [-0.2, -0.15) is 0 Å². The average Bonchev–Trinajstić information content (AvgIpc) is 3.08. The van der Waals surface area contributed by atoms with Crippen LogP contribution in [0.1, 0.15) is 0 Å². The Labute approximate surface area is 140 Å². The highest BCUT2D eigenvalue weighted by Crippen LogP contribution is 2.30. The summed E-state index contributed by atoms with van der Waals surface area (Å²) in [5, 5.41) is 0.629. The van der Waals surface area contributed by atoms with Crippen molar-refractivity contribution in [1.29, 1.82) is 0 Å². The molecule has 0 saturated carbocycles. The lowest BCUT2D eigenvalue weighted by atomic mass is 10.1. The maximum Gasteiger partial charge on any atom is 0.197 e. The molecule has 0 saturated heterocycles. The summed E-state index contributed by atoms with van der Waals surface area (Å²) in [7, 11) is 0. The zero-order valence-corrected chi connectivity index (χ0v) is 13.4. The van der Waals surface area contributed by atoms with Crippen LogP contribution in [0.4, 0.5) is 4.39 Å². The van der Waals surface area contributed by atoms with Gasteiger partial charge in [-0.25, -0.2) is 29.3 Å². The van der Waals surface area contributed by atoms with Crippen LogP contribution in [0.3, 0.4) is 0 Å². The molecule has 8 heteroatoms. The van der Waals surface area contributed by atoms with E-state index in [2.05, 4.69) is 29.9 Å². The molecule has 1 aromatic carbocycles. The van der Waals surface area contributed by atoms with Gasteiger partial charge < -0.3 is 4.98 Å². The summed E-state index contributed by atoms with van der Waals surface area (Å²) in [4.78, 5) is 24.9. The van der Waals surface area contributed by atoms with Crippen LogP contribution in [-0.2, 0) is 0 Å². The number of thioether (sulfide) groups is 1. The number of aromatic amines is 1. The summed E-state index contributed by atoms with van der Waals surface area (Å²) in [5.41, 5.74) is 3.34. The Morgan fingerprint density at radius 3 is 2.79 bits per heavy atom. The van der Waals surface area contributed by atoms with E-state index in [1.807, 2.05) is 6.26 Å². The van der Waals surface area contributed by atoms with Gasteiger partial charge in [0.2, 0.25) is 0 Å². The zero-order valence-electron chi connectivity index (χ0n) is 12.6. The van der Waals surface area contributed by atoms with E-state index in [9.17, 15) is 4.39 Å². The number of aromatic nitrogens is 6. The Kier molecular flexibility index (Phi) is 3.66. The van der Waals surface area contributed by atoms with Gasteiger partial charge in [0, 0.05) is 11.8 Å². The van der Waals surface area contributed by atoms with Crippen molar-refractivity contribution in [1.82, 2.24) is 29.9 Å². The SMILES string of the molecule is CSc1nccc(-c2nc3[nH]cnc3nc2-c2cccc(F)c2)n1. The highest BCUT2D eigenvalue weighted by atomic mass is 32.2. The number of hydrogen-bond donors (Lipinski definition) is 1. The number of nitrogens with one attached hydrogen (secondary N) is 1. The van der Waals surface area contributed by atoms with E-state index in [-0.39, 0.29) is 5.82 Å². The molecule has 0 atom stereocenters. The molecule has 118 valence electrons. The summed E-state index contributed by atoms with van der Waals surface area (Å²) in [6.07, 6.45) is 5.09. The van der Waals surface area contributed by atoms with E-state index in [0.29, 0.717) is 39.1 Å². The molecule has 4 aromatic rings. The van der Waals surface area contributed by atoms with Gasteiger partial charge in [0.1, 0.15) is 17.2 Å². The molecule has 0 amide bonds. The van der Waals surface area contributed by atoms with Gasteiger partial charge in [-0.3, -0.25) is 0 Å². The van der Waals surface area contributed by atoms with Crippen LogP contribution in [0.2, 0.25) is 0 Å². The minimum Gasteiger partial charge on any atom is -0.328 e. The third kappa shape index (κ3) is 2.61. The molecule has 0 unspecified atom stereocenters. The Balaban J connectivity index is 2.00. The standard InChI is InChI=1S/C16H11FN6S/c1-24-16-18-6-5-11(21-16)13-12(9-3-2-4-10(17)7-9)22-14-15(23-13)20-8-19-14/h2-8H,1H3,(H,19,20,22,23). The molecular weight excluding hydrogens is 327 g/mol. The van der Waals surface area contributed by atoms with Gasteiger partial charge in [-0.05, 0) is 24.5 Å². The molecular formula is C16H11FN6S. The van der Waals surface area contributed by atoms with Crippen molar-refractivity contribution in [2.75, 3.05) is 6.26 Å². The fourth-order valence-corrected chi connectivity index (χ4v) is 2.71. The Hall–Kier alpha value is -2.87. The van der Waals surface area contributed by atoms with Crippen LogP contribution < -0.4 is 0 Å². The minimum atomic E-state index is -0.338. The lowest BCUT2D eigenvalue weighted by Gasteiger charge is -2.08. The Morgan fingerprint density at radius 2 is 1.96 bits per heavy atom. The second-order valence-corrected chi connectivity index (χ2v) is 5.71. The van der Waals surface area contributed by atoms with Crippen LogP contribution in [0.5, 0.6) is 0 Å². The third-order valence-electron chi connectivity index (χ3n) is 3.42. The highest BCUT2D eigenvalue weighted by molar-refractivity contribution is 7.98. The number of halogens is 1. The van der Waals surface area contributed by atoms with E-state index >= 15 is 0 Å². The van der Waals surface area contributed by atoms with Gasteiger partial charge in [-0.1, -0.05) is 23.9 Å². The van der Waals surface area contributed by atoms with E-state index < -0.39 is 0 Å². The van der Waals surface area contributed by atoms with Crippen molar-refractivity contribution in [3.8, 4) is 22.6 Å². The summed E-state index contributed by atoms with van der Waals surface area (Å²) < 4.78 is 13.7. The van der Waals surface area contributed by atoms with Gasteiger partial charge in [0.25, 0.3) is 0 Å². The number of nitrogens with zero attached hydrogens (tertiary/aromatic N) is 5. The molecule has 24 heavy (non-hydrogen) atoms. The summed E-state index contributed by atoms with van der Waals surface area (Å²) >= 11 is 1.44. The maximum absolute atomic E-state index is 13.7. The molecule has 1 N–H and O–H groups in total. The summed E-state index contributed by atoms with van der Waals surface area (Å²) in [5.74, 6) is -0.338. The quantitative estimate of drug-likeness (QED) is 0.456. The van der Waals surface area contributed by atoms with Crippen LogP contribution >= 0.6 is 11.8 Å². The number of hydrogen-bond acceptors (Lipinski definition) is 6. The molecule has 0 aliphatic rings. The number of benzene rings is 1. The monoisotopic (exact) mass is 338 g/mol. The van der Waals surface area contributed by atoms with Crippen LogP contribution in [0.15, 0.2) is 48.0 Å². The topological polar surface area (TPSA) is 80.2 Å². The van der Waals surface area contributed by atoms with Gasteiger partial charge >= 0.3 is 0 Å². The highest BCUT2D eigenvalue weighted by Gasteiger charge is 2.16. The van der Waals surface area contributed by atoms with E-state index in [1.54, 1.807) is 24.4 Å². The minimum absolute atomic E-state index is 0.338. The van der Waals surface area contributed by atoms with Crippen molar-refractivity contribution < 1.29 is 4.39 Å². The lowest BCUT2D eigenvalue weighted by molar-refractivity contribution is 0.628. The van der Waals surface area contributed by atoms with Crippen molar-refractivity contribution in [3.05, 3.63) is 48.7 Å². The molecule has 3 aromatic heterocycles. The number of H-pyrrole nitrogens is 1. The molecule has 0 aliphatic heterocycles. The van der Waals surface area contributed by atoms with Crippen LogP contribution in [0, 0.1) is 5.82 Å². The summed E-state index contributed by atoms with van der Waals surface area (Å²) in [6.45, 7) is 0. The number of rotatable bonds is 3. The fraction of sp³-hybridized carbons (Fsp3) is 0.0625. The van der Waals surface area contributed by atoms with E-state index in [4.69, 9.17) is 0 Å². The van der Waals surface area contributed by atoms with Gasteiger partial charge in [0.15, 0.2) is 16.5 Å². The van der Waals surface area contributed by atoms with Crippen molar-refractivity contribution in [2.24, 2.45) is 0 Å². The van der Waals surface area contributed by atoms with Crippen LogP contribution in [0.25, 0.3) is 33.9 Å². The predicted octanol–water partition coefficient (Wildman–Crippen LogP) is 3.34. The van der Waals surface area contributed by atoms with Crippen molar-refractivity contribution in [3.63, 3.8) is 0 Å². The molecule has 0 aliphatic carbocycles. The fourth-order valence-electron chi connectivity index (χ4n) is 2.35. The normalized spacial score (nSPS) is 11.1. The molecule has 4 rings (SSSR count). The van der Waals surface area contributed by atoms with Crippen molar-refractivity contribution in [2.45, 2.75) is 5.16 Å². The first-order valence-electron chi connectivity index (χ1n) is 7.09. The molecule has 6 nitrogen and oxygen atoms in total. The Morgan fingerprint density at radius 1 is 1.04 bits per heavy atom.